The number of nitrogens with one attached hydrogen (secondary N) is 2. The molecular weight excluding hydrogens is 448 g/mol. The van der Waals surface area contributed by atoms with E-state index in [2.05, 4.69) is 26.6 Å². The van der Waals surface area contributed by atoms with Crippen molar-refractivity contribution in [2.75, 3.05) is 23.8 Å². The van der Waals surface area contributed by atoms with Gasteiger partial charge in [-0.05, 0) is 69.0 Å². The zero-order valence-electron chi connectivity index (χ0n) is 17.5. The van der Waals surface area contributed by atoms with Gasteiger partial charge >= 0.3 is 0 Å². The first kappa shape index (κ1) is 22.2. The Balaban J connectivity index is 1.72. The Morgan fingerprint density at radius 3 is 2.33 bits per heavy atom. The topological polar surface area (TPSA) is 76.7 Å². The first-order valence-corrected chi connectivity index (χ1v) is 11.0. The molecule has 1 fully saturated rings. The Morgan fingerprint density at radius 2 is 1.70 bits per heavy atom. The van der Waals surface area contributed by atoms with Gasteiger partial charge in [-0.25, -0.2) is 0 Å². The molecule has 3 rings (SSSR count). The van der Waals surface area contributed by atoms with E-state index in [1.165, 1.54) is 0 Å². The average molecular weight is 475 g/mol. The van der Waals surface area contributed by atoms with E-state index in [9.17, 15) is 9.59 Å². The third-order valence-electron chi connectivity index (χ3n) is 4.79. The maximum absolute atomic E-state index is 12.7. The van der Waals surface area contributed by atoms with Crippen LogP contribution >= 0.6 is 15.9 Å². The maximum atomic E-state index is 12.7. The molecular formula is C23H27BrN2O4. The summed E-state index contributed by atoms with van der Waals surface area (Å²) >= 11 is 3.53. The van der Waals surface area contributed by atoms with Crippen LogP contribution in [0.4, 0.5) is 11.4 Å². The normalized spacial score (nSPS) is 12.9. The molecule has 0 saturated heterocycles. The summed E-state index contributed by atoms with van der Waals surface area (Å²) in [6.45, 7) is 6.77. The lowest BCUT2D eigenvalue weighted by molar-refractivity contribution is -0.117. The Bertz CT molecular complexity index is 941. The zero-order valence-corrected chi connectivity index (χ0v) is 19.1. The minimum Gasteiger partial charge on any atom is -0.490 e. The summed E-state index contributed by atoms with van der Waals surface area (Å²) in [5.74, 6) is 1.27. The molecule has 1 saturated carbocycles. The molecule has 2 N–H and O–H groups in total. The number of hydrogen-bond acceptors (Lipinski definition) is 4. The molecule has 30 heavy (non-hydrogen) atoms. The average Bonchev–Trinajstić information content (AvgIpc) is 3.53. The van der Waals surface area contributed by atoms with E-state index < -0.39 is 0 Å². The van der Waals surface area contributed by atoms with Gasteiger partial charge in [-0.3, -0.25) is 9.59 Å². The molecule has 7 heteroatoms. The number of ether oxygens (including phenoxy) is 2. The number of anilines is 2. The van der Waals surface area contributed by atoms with Gasteiger partial charge in [0.15, 0.2) is 11.5 Å². The van der Waals surface area contributed by atoms with Crippen molar-refractivity contribution in [2.24, 2.45) is 5.92 Å². The molecule has 2 aromatic rings. The second kappa shape index (κ2) is 9.98. The van der Waals surface area contributed by atoms with Crippen molar-refractivity contribution >= 4 is 39.1 Å². The van der Waals surface area contributed by atoms with E-state index in [4.69, 9.17) is 9.47 Å². The zero-order chi connectivity index (χ0) is 21.7. The fourth-order valence-corrected chi connectivity index (χ4v) is 3.50. The highest BCUT2D eigenvalue weighted by atomic mass is 79.9. The van der Waals surface area contributed by atoms with Crippen molar-refractivity contribution in [1.82, 2.24) is 0 Å². The Labute approximate surface area is 185 Å². The molecule has 0 aliphatic heterocycles. The van der Waals surface area contributed by atoms with Crippen molar-refractivity contribution in [1.29, 1.82) is 0 Å². The fourth-order valence-electron chi connectivity index (χ4n) is 3.04. The molecule has 0 atom stereocenters. The highest BCUT2D eigenvalue weighted by molar-refractivity contribution is 9.10. The SMILES string of the molecule is CCOc1cc(Br)c(CC(=O)Nc2cc(NC(=O)C3CC3)ccc2C)cc1OCC. The molecule has 160 valence electrons. The Morgan fingerprint density at radius 1 is 1.03 bits per heavy atom. The van der Waals surface area contributed by atoms with Crippen molar-refractivity contribution in [3.8, 4) is 11.5 Å². The van der Waals surface area contributed by atoms with Crippen LogP contribution in [0.15, 0.2) is 34.8 Å². The predicted molar refractivity (Wildman–Crippen MR) is 121 cm³/mol. The van der Waals surface area contributed by atoms with Crippen LogP contribution in [0.3, 0.4) is 0 Å². The van der Waals surface area contributed by atoms with Crippen LogP contribution in [0.2, 0.25) is 0 Å². The third kappa shape index (κ3) is 5.75. The second-order valence-electron chi connectivity index (χ2n) is 7.27. The number of hydrogen-bond donors (Lipinski definition) is 2. The molecule has 2 aromatic carbocycles. The Hall–Kier alpha value is -2.54. The van der Waals surface area contributed by atoms with Crippen LogP contribution in [0.25, 0.3) is 0 Å². The van der Waals surface area contributed by atoms with Crippen LogP contribution in [0.1, 0.15) is 37.8 Å². The molecule has 1 aliphatic carbocycles. The summed E-state index contributed by atoms with van der Waals surface area (Å²) in [4.78, 5) is 24.7. The van der Waals surface area contributed by atoms with Crippen LogP contribution in [-0.4, -0.2) is 25.0 Å². The number of carbonyl (C=O) groups excluding carboxylic acids is 2. The summed E-state index contributed by atoms with van der Waals surface area (Å²) in [5.41, 5.74) is 3.10. The summed E-state index contributed by atoms with van der Waals surface area (Å²) in [7, 11) is 0. The number of rotatable bonds is 9. The van der Waals surface area contributed by atoms with Crippen molar-refractivity contribution in [3.63, 3.8) is 0 Å². The Kier molecular flexibility index (Phi) is 7.37. The maximum Gasteiger partial charge on any atom is 0.228 e. The van der Waals surface area contributed by atoms with Gasteiger partial charge < -0.3 is 20.1 Å². The highest BCUT2D eigenvalue weighted by Gasteiger charge is 2.29. The summed E-state index contributed by atoms with van der Waals surface area (Å²) in [6, 6.07) is 9.20. The molecule has 0 aromatic heterocycles. The number of halogens is 1. The monoisotopic (exact) mass is 474 g/mol. The van der Waals surface area contributed by atoms with Gasteiger partial charge in [-0.15, -0.1) is 0 Å². The smallest absolute Gasteiger partial charge is 0.228 e. The first-order chi connectivity index (χ1) is 14.4. The minimum atomic E-state index is -0.156. The molecule has 2 amide bonds. The lowest BCUT2D eigenvalue weighted by Gasteiger charge is -2.15. The quantitative estimate of drug-likeness (QED) is 0.530. The van der Waals surface area contributed by atoms with Gasteiger partial charge in [0, 0.05) is 21.8 Å². The van der Waals surface area contributed by atoms with Gasteiger partial charge in [0.05, 0.1) is 19.6 Å². The molecule has 6 nitrogen and oxygen atoms in total. The largest absolute Gasteiger partial charge is 0.490 e. The van der Waals surface area contributed by atoms with Gasteiger partial charge in [-0.1, -0.05) is 22.0 Å². The van der Waals surface area contributed by atoms with Crippen molar-refractivity contribution in [2.45, 2.75) is 40.0 Å². The van der Waals surface area contributed by atoms with Gasteiger partial charge in [0.1, 0.15) is 0 Å². The second-order valence-corrected chi connectivity index (χ2v) is 8.13. The van der Waals surface area contributed by atoms with Crippen molar-refractivity contribution < 1.29 is 19.1 Å². The van der Waals surface area contributed by atoms with Crippen LogP contribution in [0.5, 0.6) is 11.5 Å². The van der Waals surface area contributed by atoms with Crippen molar-refractivity contribution in [3.05, 3.63) is 45.9 Å². The van der Waals surface area contributed by atoms with Gasteiger partial charge in [0.2, 0.25) is 11.8 Å². The summed E-state index contributed by atoms with van der Waals surface area (Å²) in [5, 5.41) is 5.87. The lowest BCUT2D eigenvalue weighted by atomic mass is 10.1. The van der Waals surface area contributed by atoms with E-state index in [-0.39, 0.29) is 24.2 Å². The predicted octanol–water partition coefficient (Wildman–Crippen LogP) is 5.08. The van der Waals surface area contributed by atoms with E-state index in [1.807, 2.05) is 45.0 Å². The molecule has 0 radical (unpaired) electrons. The summed E-state index contributed by atoms with van der Waals surface area (Å²) in [6.07, 6.45) is 2.06. The molecule has 0 heterocycles. The highest BCUT2D eigenvalue weighted by Crippen LogP contribution is 2.34. The van der Waals surface area contributed by atoms with Gasteiger partial charge in [0.25, 0.3) is 0 Å². The molecule has 0 spiro atoms. The van der Waals surface area contributed by atoms with E-state index in [0.29, 0.717) is 36.1 Å². The van der Waals surface area contributed by atoms with E-state index in [0.717, 1.165) is 28.4 Å². The standard InChI is InChI=1S/C23H27BrN2O4/c1-4-29-20-10-16(18(24)13-21(20)30-5-2)11-22(27)26-19-12-17(9-6-14(19)3)25-23(28)15-7-8-15/h6,9-10,12-13,15H,4-5,7-8,11H2,1-3H3,(H,25,28)(H,26,27). The number of carbonyl (C=O) groups is 2. The number of aryl methyl sites for hydroxylation is 1. The number of benzene rings is 2. The molecule has 1 aliphatic rings. The molecule has 0 bridgehead atoms. The van der Waals surface area contributed by atoms with E-state index in [1.54, 1.807) is 6.07 Å². The van der Waals surface area contributed by atoms with Crippen LogP contribution < -0.4 is 20.1 Å². The van der Waals surface area contributed by atoms with Crippen LogP contribution in [-0.2, 0) is 16.0 Å². The third-order valence-corrected chi connectivity index (χ3v) is 5.53. The first-order valence-electron chi connectivity index (χ1n) is 10.2. The summed E-state index contributed by atoms with van der Waals surface area (Å²) < 4.78 is 12.1. The minimum absolute atomic E-state index is 0.0397. The molecule has 0 unspecified atom stereocenters. The van der Waals surface area contributed by atoms with Crippen LogP contribution in [0, 0.1) is 12.8 Å². The van der Waals surface area contributed by atoms with Gasteiger partial charge in [-0.2, -0.15) is 0 Å². The number of amides is 2. The fraction of sp³-hybridized carbons (Fsp3) is 0.391. The lowest BCUT2D eigenvalue weighted by Crippen LogP contribution is -2.17. The van der Waals surface area contributed by atoms with E-state index >= 15 is 0 Å².